The number of carboxylic acids is 1. The Bertz CT molecular complexity index is 555. The van der Waals surface area contributed by atoms with Crippen LogP contribution in [0.1, 0.15) is 29.3 Å². The Labute approximate surface area is 124 Å². The van der Waals surface area contributed by atoms with Gasteiger partial charge in [0.05, 0.1) is 13.0 Å². The molecule has 1 amide bonds. The van der Waals surface area contributed by atoms with Crippen molar-refractivity contribution in [3.8, 4) is 5.75 Å². The minimum Gasteiger partial charge on any atom is -0.497 e. The van der Waals surface area contributed by atoms with Crippen LogP contribution in [-0.4, -0.2) is 42.1 Å². The molecule has 1 aliphatic rings. The first-order valence-electron chi connectivity index (χ1n) is 7.09. The van der Waals surface area contributed by atoms with E-state index in [0.717, 1.165) is 5.56 Å². The van der Waals surface area contributed by atoms with Crippen molar-refractivity contribution in [3.05, 3.63) is 29.3 Å². The molecule has 2 atom stereocenters. The number of aryl methyl sites for hydroxylation is 1. The Hall–Kier alpha value is -2.04. The van der Waals surface area contributed by atoms with Gasteiger partial charge in [-0.2, -0.15) is 0 Å². The Morgan fingerprint density at radius 3 is 2.62 bits per heavy atom. The van der Waals surface area contributed by atoms with E-state index in [4.69, 9.17) is 4.74 Å². The summed E-state index contributed by atoms with van der Waals surface area (Å²) in [6.07, 6.45) is 0.626. The number of ether oxygens (including phenoxy) is 1. The normalized spacial score (nSPS) is 22.0. The highest BCUT2D eigenvalue weighted by Crippen LogP contribution is 2.25. The molecule has 0 aliphatic carbocycles. The zero-order valence-electron chi connectivity index (χ0n) is 12.6. The fourth-order valence-corrected chi connectivity index (χ4v) is 2.87. The Morgan fingerprint density at radius 2 is 2.05 bits per heavy atom. The molecule has 1 aromatic rings. The van der Waals surface area contributed by atoms with Crippen molar-refractivity contribution in [3.63, 3.8) is 0 Å². The van der Waals surface area contributed by atoms with Gasteiger partial charge in [-0.1, -0.05) is 6.92 Å². The average Bonchev–Trinajstić information content (AvgIpc) is 2.45. The standard InChI is InChI=1S/C16H21NO4/c1-10-6-12(16(19)20)9-17(8-10)15(18)14-5-4-13(21-3)7-11(14)2/h4-5,7,10,12H,6,8-9H2,1-3H3,(H,19,20). The van der Waals surface area contributed by atoms with Gasteiger partial charge in [-0.3, -0.25) is 9.59 Å². The molecular weight excluding hydrogens is 270 g/mol. The minimum absolute atomic E-state index is 0.104. The van der Waals surface area contributed by atoms with Crippen LogP contribution in [0.15, 0.2) is 18.2 Å². The highest BCUT2D eigenvalue weighted by Gasteiger charge is 2.32. The maximum Gasteiger partial charge on any atom is 0.308 e. The smallest absolute Gasteiger partial charge is 0.308 e. The maximum atomic E-state index is 12.6. The number of hydrogen-bond acceptors (Lipinski definition) is 3. The molecule has 1 N–H and O–H groups in total. The number of piperidine rings is 1. The highest BCUT2D eigenvalue weighted by molar-refractivity contribution is 5.96. The number of likely N-dealkylation sites (tertiary alicyclic amines) is 1. The van der Waals surface area contributed by atoms with E-state index < -0.39 is 11.9 Å². The SMILES string of the molecule is COc1ccc(C(=O)N2CC(C)CC(C(=O)O)C2)c(C)c1. The van der Waals surface area contributed by atoms with E-state index in [-0.39, 0.29) is 18.4 Å². The molecule has 5 heteroatoms. The van der Waals surface area contributed by atoms with E-state index in [9.17, 15) is 14.7 Å². The molecule has 0 spiro atoms. The lowest BCUT2D eigenvalue weighted by molar-refractivity contribution is -0.143. The minimum atomic E-state index is -0.828. The Balaban J connectivity index is 2.20. The van der Waals surface area contributed by atoms with Gasteiger partial charge in [-0.25, -0.2) is 0 Å². The van der Waals surface area contributed by atoms with E-state index in [1.807, 2.05) is 19.9 Å². The van der Waals surface area contributed by atoms with Crippen LogP contribution < -0.4 is 4.74 Å². The van der Waals surface area contributed by atoms with Gasteiger partial charge >= 0.3 is 5.97 Å². The molecule has 1 aliphatic heterocycles. The molecule has 1 aromatic carbocycles. The quantitative estimate of drug-likeness (QED) is 0.927. The van der Waals surface area contributed by atoms with Crippen LogP contribution >= 0.6 is 0 Å². The maximum absolute atomic E-state index is 12.6. The lowest BCUT2D eigenvalue weighted by atomic mass is 9.90. The summed E-state index contributed by atoms with van der Waals surface area (Å²) in [6.45, 7) is 4.73. The van der Waals surface area contributed by atoms with Gasteiger partial charge in [0.1, 0.15) is 5.75 Å². The predicted molar refractivity (Wildman–Crippen MR) is 78.5 cm³/mol. The fraction of sp³-hybridized carbons (Fsp3) is 0.500. The number of aliphatic carboxylic acids is 1. The third-order valence-corrected chi connectivity index (χ3v) is 3.96. The topological polar surface area (TPSA) is 66.8 Å². The molecule has 2 rings (SSSR count). The number of carboxylic acid groups (broad SMARTS) is 1. The molecule has 1 fully saturated rings. The first-order chi connectivity index (χ1) is 9.92. The number of methoxy groups -OCH3 is 1. The van der Waals surface area contributed by atoms with Gasteiger partial charge in [0, 0.05) is 18.7 Å². The van der Waals surface area contributed by atoms with E-state index in [0.29, 0.717) is 24.3 Å². The second-order valence-electron chi connectivity index (χ2n) is 5.77. The zero-order valence-corrected chi connectivity index (χ0v) is 12.6. The van der Waals surface area contributed by atoms with Crippen molar-refractivity contribution in [2.24, 2.45) is 11.8 Å². The van der Waals surface area contributed by atoms with Crippen molar-refractivity contribution >= 4 is 11.9 Å². The molecule has 0 aromatic heterocycles. The Kier molecular flexibility index (Phi) is 4.50. The summed E-state index contributed by atoms with van der Waals surface area (Å²) < 4.78 is 5.14. The molecule has 2 unspecified atom stereocenters. The zero-order chi connectivity index (χ0) is 15.6. The van der Waals surface area contributed by atoms with E-state index in [1.165, 1.54) is 0 Å². The lowest BCUT2D eigenvalue weighted by Crippen LogP contribution is -2.45. The van der Waals surface area contributed by atoms with E-state index in [1.54, 1.807) is 24.1 Å². The number of amides is 1. The van der Waals surface area contributed by atoms with Crippen LogP contribution in [0.25, 0.3) is 0 Å². The third kappa shape index (κ3) is 3.35. The number of benzene rings is 1. The fourth-order valence-electron chi connectivity index (χ4n) is 2.87. The summed E-state index contributed by atoms with van der Waals surface area (Å²) in [4.78, 5) is 25.5. The molecule has 0 bridgehead atoms. The number of hydrogen-bond donors (Lipinski definition) is 1. The summed E-state index contributed by atoms with van der Waals surface area (Å²) in [6, 6.07) is 5.31. The van der Waals surface area contributed by atoms with Gasteiger partial charge in [0.15, 0.2) is 0 Å². The van der Waals surface area contributed by atoms with Crippen molar-refractivity contribution < 1.29 is 19.4 Å². The molecule has 1 saturated heterocycles. The molecule has 114 valence electrons. The Morgan fingerprint density at radius 1 is 1.33 bits per heavy atom. The highest BCUT2D eigenvalue weighted by atomic mass is 16.5. The van der Waals surface area contributed by atoms with E-state index in [2.05, 4.69) is 0 Å². The summed E-state index contributed by atoms with van der Waals surface area (Å²) in [5, 5.41) is 9.19. The van der Waals surface area contributed by atoms with E-state index >= 15 is 0 Å². The number of rotatable bonds is 3. The molecule has 21 heavy (non-hydrogen) atoms. The van der Waals surface area contributed by atoms with Crippen LogP contribution in [0.3, 0.4) is 0 Å². The first-order valence-corrected chi connectivity index (χ1v) is 7.09. The monoisotopic (exact) mass is 291 g/mol. The molecule has 0 radical (unpaired) electrons. The lowest BCUT2D eigenvalue weighted by Gasteiger charge is -2.35. The van der Waals surface area contributed by atoms with Gasteiger partial charge < -0.3 is 14.7 Å². The van der Waals surface area contributed by atoms with Crippen molar-refractivity contribution in [1.82, 2.24) is 4.90 Å². The van der Waals surface area contributed by atoms with Gasteiger partial charge in [0.25, 0.3) is 5.91 Å². The number of nitrogens with zero attached hydrogens (tertiary/aromatic N) is 1. The molecule has 1 heterocycles. The van der Waals surface area contributed by atoms with Crippen LogP contribution in [-0.2, 0) is 4.79 Å². The second kappa shape index (κ2) is 6.16. The van der Waals surface area contributed by atoms with Gasteiger partial charge in [-0.05, 0) is 43.0 Å². The van der Waals surface area contributed by atoms with Crippen LogP contribution in [0.2, 0.25) is 0 Å². The average molecular weight is 291 g/mol. The first kappa shape index (κ1) is 15.4. The van der Waals surface area contributed by atoms with Gasteiger partial charge in [-0.15, -0.1) is 0 Å². The number of carbonyl (C=O) groups is 2. The van der Waals surface area contributed by atoms with Gasteiger partial charge in [0.2, 0.25) is 0 Å². The van der Waals surface area contributed by atoms with Crippen molar-refractivity contribution in [1.29, 1.82) is 0 Å². The summed E-state index contributed by atoms with van der Waals surface area (Å²) in [5.74, 6) is -0.503. The summed E-state index contributed by atoms with van der Waals surface area (Å²) in [7, 11) is 1.58. The molecule has 5 nitrogen and oxygen atoms in total. The van der Waals surface area contributed by atoms with Crippen LogP contribution in [0.5, 0.6) is 5.75 Å². The second-order valence-corrected chi connectivity index (χ2v) is 5.77. The third-order valence-electron chi connectivity index (χ3n) is 3.96. The van der Waals surface area contributed by atoms with Crippen molar-refractivity contribution in [2.45, 2.75) is 20.3 Å². The summed E-state index contributed by atoms with van der Waals surface area (Å²) >= 11 is 0. The molecule has 0 saturated carbocycles. The molecular formula is C16H21NO4. The largest absolute Gasteiger partial charge is 0.497 e. The van der Waals surface area contributed by atoms with Crippen molar-refractivity contribution in [2.75, 3.05) is 20.2 Å². The van der Waals surface area contributed by atoms with Crippen LogP contribution in [0, 0.1) is 18.8 Å². The number of carbonyl (C=O) groups excluding carboxylic acids is 1. The predicted octanol–water partition coefficient (Wildman–Crippen LogP) is 2.19. The summed E-state index contributed by atoms with van der Waals surface area (Å²) in [5.41, 5.74) is 1.44. The van der Waals surface area contributed by atoms with Crippen LogP contribution in [0.4, 0.5) is 0 Å².